The second-order valence-electron chi connectivity index (χ2n) is 10.7. The summed E-state index contributed by atoms with van der Waals surface area (Å²) in [5, 5.41) is 0. The minimum absolute atomic E-state index is 0.0395. The van der Waals surface area contributed by atoms with E-state index in [1.54, 1.807) is 47.9 Å². The SMILES string of the molecule is CCOP(=O)(CC(=O)N1c2ccccc2C(=O)N2[C@@H]1CN(C1CCN(C)CC1)C(=O)[C@@H]2CC(C)C)OCC. The topological polar surface area (TPSA) is 99.7 Å². The summed E-state index contributed by atoms with van der Waals surface area (Å²) in [6.07, 6.45) is 1.02. The highest BCUT2D eigenvalue weighted by Gasteiger charge is 2.52. The van der Waals surface area contributed by atoms with Crippen molar-refractivity contribution >= 4 is 31.0 Å². The van der Waals surface area contributed by atoms with E-state index in [1.165, 1.54) is 0 Å². The fourth-order valence-corrected chi connectivity index (χ4v) is 7.41. The Morgan fingerprint density at radius 3 is 2.32 bits per heavy atom. The van der Waals surface area contributed by atoms with E-state index < -0.39 is 31.9 Å². The van der Waals surface area contributed by atoms with Crippen molar-refractivity contribution in [2.24, 2.45) is 5.92 Å². The fraction of sp³-hybridized carbons (Fsp3) is 0.667. The molecule has 2 saturated heterocycles. The summed E-state index contributed by atoms with van der Waals surface area (Å²) < 4.78 is 24.2. The molecule has 0 unspecified atom stereocenters. The summed E-state index contributed by atoms with van der Waals surface area (Å²) >= 11 is 0. The zero-order valence-corrected chi connectivity index (χ0v) is 24.1. The van der Waals surface area contributed by atoms with Gasteiger partial charge < -0.3 is 23.7 Å². The predicted molar refractivity (Wildman–Crippen MR) is 145 cm³/mol. The van der Waals surface area contributed by atoms with E-state index in [9.17, 15) is 18.9 Å². The third kappa shape index (κ3) is 5.69. The van der Waals surface area contributed by atoms with Crippen molar-refractivity contribution in [2.45, 2.75) is 65.2 Å². The first kappa shape index (κ1) is 28.7. The maximum absolute atomic E-state index is 14.0. The van der Waals surface area contributed by atoms with Gasteiger partial charge in [0.25, 0.3) is 5.91 Å². The summed E-state index contributed by atoms with van der Waals surface area (Å²) in [4.78, 5) is 49.1. The van der Waals surface area contributed by atoms with Gasteiger partial charge in [-0.3, -0.25) is 23.8 Å². The van der Waals surface area contributed by atoms with Crippen molar-refractivity contribution in [3.05, 3.63) is 29.8 Å². The van der Waals surface area contributed by atoms with Gasteiger partial charge in [0.15, 0.2) is 0 Å². The second-order valence-corrected chi connectivity index (χ2v) is 12.8. The molecule has 11 heteroatoms. The van der Waals surface area contributed by atoms with Crippen molar-refractivity contribution in [3.8, 4) is 0 Å². The number of likely N-dealkylation sites (tertiary alicyclic amines) is 1. The number of para-hydroxylation sites is 1. The minimum Gasteiger partial charge on any atom is -0.334 e. The second kappa shape index (κ2) is 11.9. The number of benzene rings is 1. The molecule has 210 valence electrons. The van der Waals surface area contributed by atoms with Crippen molar-refractivity contribution in [1.82, 2.24) is 14.7 Å². The van der Waals surface area contributed by atoms with E-state index in [4.69, 9.17) is 9.05 Å². The molecule has 3 amide bonds. The van der Waals surface area contributed by atoms with E-state index in [1.807, 2.05) is 18.7 Å². The highest BCUT2D eigenvalue weighted by Crippen LogP contribution is 2.49. The van der Waals surface area contributed by atoms with E-state index in [0.717, 1.165) is 25.9 Å². The van der Waals surface area contributed by atoms with Gasteiger partial charge in [0.1, 0.15) is 18.4 Å². The highest BCUT2D eigenvalue weighted by atomic mass is 31.2. The summed E-state index contributed by atoms with van der Waals surface area (Å²) in [6, 6.07) is 6.30. The number of nitrogens with zero attached hydrogens (tertiary/aromatic N) is 4. The number of piperidine rings is 1. The van der Waals surface area contributed by atoms with Gasteiger partial charge >= 0.3 is 7.60 Å². The Morgan fingerprint density at radius 1 is 1.08 bits per heavy atom. The number of fused-ring (bicyclic) bond motifs is 2. The number of amides is 3. The highest BCUT2D eigenvalue weighted by molar-refractivity contribution is 7.54. The van der Waals surface area contributed by atoms with Gasteiger partial charge in [0.2, 0.25) is 11.8 Å². The zero-order chi connectivity index (χ0) is 27.6. The largest absolute Gasteiger partial charge is 0.340 e. The van der Waals surface area contributed by atoms with Crippen molar-refractivity contribution in [2.75, 3.05) is 51.0 Å². The summed E-state index contributed by atoms with van der Waals surface area (Å²) in [5.74, 6) is -0.605. The number of piperazine rings is 1. The van der Waals surface area contributed by atoms with Crippen LogP contribution in [0.1, 0.15) is 57.3 Å². The van der Waals surface area contributed by atoms with Crippen LogP contribution in [-0.2, 0) is 23.2 Å². The maximum Gasteiger partial charge on any atom is 0.340 e. The van der Waals surface area contributed by atoms with Crippen LogP contribution in [0.2, 0.25) is 0 Å². The molecule has 3 aliphatic rings. The third-order valence-electron chi connectivity index (χ3n) is 7.58. The molecular weight excluding hydrogens is 507 g/mol. The Bertz CT molecular complexity index is 1080. The minimum atomic E-state index is -3.70. The van der Waals surface area contributed by atoms with Crippen molar-refractivity contribution in [3.63, 3.8) is 0 Å². The Morgan fingerprint density at radius 2 is 1.71 bits per heavy atom. The van der Waals surface area contributed by atoms with E-state index >= 15 is 0 Å². The lowest BCUT2D eigenvalue weighted by atomic mass is 9.92. The molecule has 0 aromatic heterocycles. The Kier molecular flexibility index (Phi) is 8.97. The summed E-state index contributed by atoms with van der Waals surface area (Å²) in [6.45, 7) is 9.73. The molecule has 0 N–H and O–H groups in total. The van der Waals surface area contributed by atoms with Gasteiger partial charge in [-0.25, -0.2) is 0 Å². The number of hydrogen-bond donors (Lipinski definition) is 0. The van der Waals surface area contributed by atoms with Gasteiger partial charge in [-0.05, 0) is 71.3 Å². The quantitative estimate of drug-likeness (QED) is 0.436. The van der Waals surface area contributed by atoms with Crippen LogP contribution in [0.4, 0.5) is 5.69 Å². The molecule has 0 bridgehead atoms. The maximum atomic E-state index is 14.0. The summed E-state index contributed by atoms with van der Waals surface area (Å²) in [7, 11) is -1.62. The molecule has 0 radical (unpaired) electrons. The molecule has 4 rings (SSSR count). The molecule has 3 aliphatic heterocycles. The molecule has 1 aromatic carbocycles. The lowest BCUT2D eigenvalue weighted by Gasteiger charge is -2.54. The predicted octanol–water partition coefficient (Wildman–Crippen LogP) is 3.42. The zero-order valence-electron chi connectivity index (χ0n) is 23.2. The first-order valence-corrected chi connectivity index (χ1v) is 15.4. The lowest BCUT2D eigenvalue weighted by Crippen LogP contribution is -2.72. The monoisotopic (exact) mass is 548 g/mol. The van der Waals surface area contributed by atoms with Crippen LogP contribution in [0.25, 0.3) is 0 Å². The standard InChI is InChI=1S/C27H41N4O6P/c1-6-36-38(35,37-7-2)18-25(32)30-22-11-9-8-10-21(22)26(33)31-23(16-19(3)4)27(34)29(17-24(30)31)20-12-14-28(5)15-13-20/h8-11,19-20,23-24H,6-7,12-18H2,1-5H3/t23-,24+/m0/s1. The smallest absolute Gasteiger partial charge is 0.334 e. The van der Waals surface area contributed by atoms with Gasteiger partial charge in [0.05, 0.1) is 31.0 Å². The van der Waals surface area contributed by atoms with E-state index in [-0.39, 0.29) is 43.5 Å². The van der Waals surface area contributed by atoms with Crippen LogP contribution in [0.5, 0.6) is 0 Å². The molecule has 0 aliphatic carbocycles. The number of carbonyl (C=O) groups excluding carboxylic acids is 3. The number of anilines is 1. The van der Waals surface area contributed by atoms with Gasteiger partial charge in [-0.15, -0.1) is 0 Å². The average molecular weight is 549 g/mol. The number of rotatable bonds is 9. The van der Waals surface area contributed by atoms with E-state index in [0.29, 0.717) is 17.7 Å². The van der Waals surface area contributed by atoms with Crippen molar-refractivity contribution < 1.29 is 28.0 Å². The van der Waals surface area contributed by atoms with Gasteiger partial charge in [-0.2, -0.15) is 0 Å². The molecule has 1 aromatic rings. The molecule has 0 saturated carbocycles. The number of hydrogen-bond acceptors (Lipinski definition) is 7. The molecule has 2 fully saturated rings. The van der Waals surface area contributed by atoms with E-state index in [2.05, 4.69) is 11.9 Å². The Balaban J connectivity index is 1.77. The van der Waals surface area contributed by atoms with Crippen LogP contribution in [-0.4, -0.2) is 96.7 Å². The van der Waals surface area contributed by atoms with Gasteiger partial charge in [-0.1, -0.05) is 26.0 Å². The van der Waals surface area contributed by atoms with Crippen LogP contribution >= 0.6 is 7.60 Å². The normalized spacial score (nSPS) is 23.2. The van der Waals surface area contributed by atoms with Crippen LogP contribution in [0.3, 0.4) is 0 Å². The van der Waals surface area contributed by atoms with Gasteiger partial charge in [0, 0.05) is 6.04 Å². The Hall–Kier alpha value is -2.26. The van der Waals surface area contributed by atoms with Crippen LogP contribution < -0.4 is 4.90 Å². The average Bonchev–Trinajstić information content (AvgIpc) is 2.86. The third-order valence-corrected chi connectivity index (χ3v) is 9.55. The molecule has 10 nitrogen and oxygen atoms in total. The molecular formula is C27H41N4O6P. The molecule has 38 heavy (non-hydrogen) atoms. The van der Waals surface area contributed by atoms with Crippen molar-refractivity contribution in [1.29, 1.82) is 0 Å². The first-order valence-electron chi connectivity index (χ1n) is 13.7. The van der Waals surface area contributed by atoms with Crippen LogP contribution in [0, 0.1) is 5.92 Å². The lowest BCUT2D eigenvalue weighted by molar-refractivity contribution is -0.149. The molecule has 2 atom stereocenters. The van der Waals surface area contributed by atoms with Crippen LogP contribution in [0.15, 0.2) is 24.3 Å². The molecule has 0 spiro atoms. The number of carbonyl (C=O) groups is 3. The Labute approximate surface area is 225 Å². The molecule has 3 heterocycles. The summed E-state index contributed by atoms with van der Waals surface area (Å²) in [5.41, 5.74) is 0.818. The first-order chi connectivity index (χ1) is 18.1. The fourth-order valence-electron chi connectivity index (χ4n) is 5.88.